The molecule has 1 saturated heterocycles. The van der Waals surface area contributed by atoms with Gasteiger partial charge in [0.25, 0.3) is 0 Å². The second-order valence-electron chi connectivity index (χ2n) is 5.46. The molecule has 1 aromatic heterocycles. The first-order valence-corrected chi connectivity index (χ1v) is 7.27. The van der Waals surface area contributed by atoms with Crippen LogP contribution < -0.4 is 10.6 Å². The Labute approximate surface area is 114 Å². The molecule has 0 aromatic carbocycles. The normalized spacial score (nSPS) is 21.1. The second kappa shape index (κ2) is 5.58. The molecule has 1 fully saturated rings. The van der Waals surface area contributed by atoms with Gasteiger partial charge in [-0.15, -0.1) is 0 Å². The summed E-state index contributed by atoms with van der Waals surface area (Å²) in [5.74, 6) is 0.779. The fourth-order valence-corrected chi connectivity index (χ4v) is 3.06. The molecule has 0 spiro atoms. The van der Waals surface area contributed by atoms with E-state index < -0.39 is 0 Å². The van der Waals surface area contributed by atoms with Gasteiger partial charge in [0.1, 0.15) is 11.9 Å². The zero-order valence-corrected chi connectivity index (χ0v) is 11.2. The van der Waals surface area contributed by atoms with Crippen LogP contribution in [0.2, 0.25) is 0 Å². The molecule has 1 aromatic rings. The van der Waals surface area contributed by atoms with Gasteiger partial charge in [0.15, 0.2) is 0 Å². The number of nitrogens with zero attached hydrogens (tertiary/aromatic N) is 2. The van der Waals surface area contributed by atoms with E-state index in [0.29, 0.717) is 11.6 Å². The first-order valence-electron chi connectivity index (χ1n) is 7.27. The van der Waals surface area contributed by atoms with Crippen molar-refractivity contribution in [2.24, 2.45) is 0 Å². The van der Waals surface area contributed by atoms with Crippen LogP contribution in [0, 0.1) is 11.3 Å². The van der Waals surface area contributed by atoms with Crippen molar-refractivity contribution in [2.75, 3.05) is 18.4 Å². The molecule has 0 radical (unpaired) electrons. The Morgan fingerprint density at radius 3 is 3.16 bits per heavy atom. The van der Waals surface area contributed by atoms with Gasteiger partial charge in [-0.05, 0) is 56.7 Å². The molecule has 100 valence electrons. The molecule has 3 rings (SSSR count). The lowest BCUT2D eigenvalue weighted by Crippen LogP contribution is -2.24. The van der Waals surface area contributed by atoms with Crippen molar-refractivity contribution in [3.05, 3.63) is 22.9 Å². The number of aromatic nitrogens is 1. The van der Waals surface area contributed by atoms with Gasteiger partial charge >= 0.3 is 0 Å². The van der Waals surface area contributed by atoms with Crippen LogP contribution in [0.5, 0.6) is 0 Å². The minimum absolute atomic E-state index is 0.632. The largest absolute Gasteiger partial charge is 0.369 e. The summed E-state index contributed by atoms with van der Waals surface area (Å²) in [6.45, 7) is 2.03. The van der Waals surface area contributed by atoms with Gasteiger partial charge in [-0.1, -0.05) is 0 Å². The van der Waals surface area contributed by atoms with Gasteiger partial charge in [-0.25, -0.2) is 4.98 Å². The zero-order chi connectivity index (χ0) is 13.1. The molecule has 4 heteroatoms. The Morgan fingerprint density at radius 1 is 1.42 bits per heavy atom. The predicted octanol–water partition coefficient (Wildman–Crippen LogP) is 2.00. The number of hydrogen-bond acceptors (Lipinski definition) is 4. The summed E-state index contributed by atoms with van der Waals surface area (Å²) >= 11 is 0. The van der Waals surface area contributed by atoms with Crippen molar-refractivity contribution >= 4 is 5.82 Å². The fraction of sp³-hybridized carbons (Fsp3) is 0.600. The summed E-state index contributed by atoms with van der Waals surface area (Å²) in [7, 11) is 0. The van der Waals surface area contributed by atoms with E-state index in [1.54, 1.807) is 0 Å². The molecule has 1 atom stereocenters. The molecule has 0 bridgehead atoms. The van der Waals surface area contributed by atoms with Gasteiger partial charge in [0, 0.05) is 18.3 Å². The Hall–Kier alpha value is -1.60. The Morgan fingerprint density at radius 2 is 2.37 bits per heavy atom. The van der Waals surface area contributed by atoms with Crippen molar-refractivity contribution in [1.82, 2.24) is 10.3 Å². The molecule has 0 unspecified atom stereocenters. The molecular formula is C15H20N4. The van der Waals surface area contributed by atoms with E-state index in [0.717, 1.165) is 38.2 Å². The van der Waals surface area contributed by atoms with Crippen LogP contribution in [-0.2, 0) is 12.8 Å². The number of nitrogens with one attached hydrogen (secondary N) is 2. The number of fused-ring (bicyclic) bond motifs is 1. The molecule has 0 saturated carbocycles. The van der Waals surface area contributed by atoms with Crippen LogP contribution in [0.25, 0.3) is 0 Å². The number of nitriles is 1. The van der Waals surface area contributed by atoms with Gasteiger partial charge in [0.05, 0.1) is 5.56 Å². The summed E-state index contributed by atoms with van der Waals surface area (Å²) in [5.41, 5.74) is 3.14. The molecule has 2 aliphatic rings. The first-order chi connectivity index (χ1) is 9.36. The molecule has 19 heavy (non-hydrogen) atoms. The lowest BCUT2D eigenvalue weighted by atomic mass is 10.1. The SMILES string of the molecule is N#Cc1cc2c(nc1NCC[C@H]1CCCN1)CCC2. The van der Waals surface area contributed by atoms with Crippen molar-refractivity contribution in [3.63, 3.8) is 0 Å². The molecule has 2 heterocycles. The highest BCUT2D eigenvalue weighted by atomic mass is 15.0. The van der Waals surface area contributed by atoms with E-state index >= 15 is 0 Å². The van der Waals surface area contributed by atoms with E-state index in [1.807, 2.05) is 6.07 Å². The highest BCUT2D eigenvalue weighted by molar-refractivity contribution is 5.55. The average Bonchev–Trinajstić information content (AvgIpc) is 3.08. The quantitative estimate of drug-likeness (QED) is 0.865. The van der Waals surface area contributed by atoms with E-state index in [4.69, 9.17) is 0 Å². The smallest absolute Gasteiger partial charge is 0.144 e. The summed E-state index contributed by atoms with van der Waals surface area (Å²) < 4.78 is 0. The highest BCUT2D eigenvalue weighted by Gasteiger charge is 2.17. The maximum absolute atomic E-state index is 9.22. The van der Waals surface area contributed by atoms with Crippen LogP contribution in [0.1, 0.15) is 42.5 Å². The van der Waals surface area contributed by atoms with Crippen LogP contribution in [0.3, 0.4) is 0 Å². The fourth-order valence-electron chi connectivity index (χ4n) is 3.06. The van der Waals surface area contributed by atoms with E-state index in [-0.39, 0.29) is 0 Å². The topological polar surface area (TPSA) is 60.7 Å². The number of pyridine rings is 1. The summed E-state index contributed by atoms with van der Waals surface area (Å²) in [6.07, 6.45) is 6.95. The minimum Gasteiger partial charge on any atom is -0.369 e. The number of hydrogen-bond donors (Lipinski definition) is 2. The third-order valence-electron chi connectivity index (χ3n) is 4.12. The maximum atomic E-state index is 9.22. The molecule has 1 aliphatic carbocycles. The van der Waals surface area contributed by atoms with Gasteiger partial charge in [-0.2, -0.15) is 5.26 Å². The maximum Gasteiger partial charge on any atom is 0.144 e. The third kappa shape index (κ3) is 2.71. The molecular weight excluding hydrogens is 236 g/mol. The van der Waals surface area contributed by atoms with E-state index in [9.17, 15) is 5.26 Å². The minimum atomic E-state index is 0.632. The van der Waals surface area contributed by atoms with Gasteiger partial charge in [0.2, 0.25) is 0 Å². The number of aryl methyl sites for hydroxylation is 2. The summed E-state index contributed by atoms with van der Waals surface area (Å²) in [5, 5.41) is 16.1. The van der Waals surface area contributed by atoms with Gasteiger partial charge < -0.3 is 10.6 Å². The van der Waals surface area contributed by atoms with Crippen molar-refractivity contribution < 1.29 is 0 Å². The Balaban J connectivity index is 1.64. The van der Waals surface area contributed by atoms with Crippen LogP contribution in [0.15, 0.2) is 6.07 Å². The second-order valence-corrected chi connectivity index (χ2v) is 5.46. The van der Waals surface area contributed by atoms with Crippen molar-refractivity contribution in [2.45, 2.75) is 44.6 Å². The van der Waals surface area contributed by atoms with Crippen LogP contribution in [0.4, 0.5) is 5.82 Å². The lowest BCUT2D eigenvalue weighted by Gasteiger charge is -2.13. The molecule has 0 amide bonds. The molecule has 4 nitrogen and oxygen atoms in total. The molecule has 2 N–H and O–H groups in total. The van der Waals surface area contributed by atoms with Crippen LogP contribution in [-0.4, -0.2) is 24.1 Å². The highest BCUT2D eigenvalue weighted by Crippen LogP contribution is 2.25. The van der Waals surface area contributed by atoms with Crippen LogP contribution >= 0.6 is 0 Å². The first kappa shape index (κ1) is 12.4. The van der Waals surface area contributed by atoms with Crippen molar-refractivity contribution in [3.8, 4) is 6.07 Å². The standard InChI is InChI=1S/C15H20N4/c16-10-12-9-11-3-1-5-14(11)19-15(12)18-8-6-13-4-2-7-17-13/h9,13,17H,1-8H2,(H,18,19)/t13-/m1/s1. The van der Waals surface area contributed by atoms with E-state index in [2.05, 4.69) is 21.7 Å². The predicted molar refractivity (Wildman–Crippen MR) is 75.1 cm³/mol. The molecule has 1 aliphatic heterocycles. The van der Waals surface area contributed by atoms with Crippen molar-refractivity contribution in [1.29, 1.82) is 5.26 Å². The lowest BCUT2D eigenvalue weighted by molar-refractivity contribution is 0.574. The number of anilines is 1. The Bertz CT molecular complexity index is 498. The number of rotatable bonds is 4. The average molecular weight is 256 g/mol. The van der Waals surface area contributed by atoms with Gasteiger partial charge in [-0.3, -0.25) is 0 Å². The summed E-state index contributed by atoms with van der Waals surface area (Å²) in [4.78, 5) is 4.63. The van der Waals surface area contributed by atoms with E-state index in [1.165, 1.54) is 30.5 Å². The monoisotopic (exact) mass is 256 g/mol. The zero-order valence-electron chi connectivity index (χ0n) is 11.2. The third-order valence-corrected chi connectivity index (χ3v) is 4.12. The summed E-state index contributed by atoms with van der Waals surface area (Å²) in [6, 6.07) is 4.91. The Kier molecular flexibility index (Phi) is 3.65.